The van der Waals surface area contributed by atoms with E-state index in [2.05, 4.69) is 21.2 Å². The van der Waals surface area contributed by atoms with Crippen LogP contribution in [0.15, 0.2) is 65.1 Å². The highest BCUT2D eigenvalue weighted by molar-refractivity contribution is 9.10. The number of nitro groups is 1. The van der Waals surface area contributed by atoms with Gasteiger partial charge in [0.1, 0.15) is 0 Å². The van der Waals surface area contributed by atoms with E-state index in [1.165, 1.54) is 36.4 Å². The highest BCUT2D eigenvalue weighted by Crippen LogP contribution is 2.31. The Hall–Kier alpha value is -3.85. The van der Waals surface area contributed by atoms with Crippen molar-refractivity contribution in [2.24, 2.45) is 0 Å². The van der Waals surface area contributed by atoms with Gasteiger partial charge in [-0.15, -0.1) is 0 Å². The molecule has 154 valence electrons. The summed E-state index contributed by atoms with van der Waals surface area (Å²) in [7, 11) is 0. The van der Waals surface area contributed by atoms with Gasteiger partial charge >= 0.3 is 0 Å². The topological polar surface area (TPSA) is 110 Å². The molecule has 0 aromatic heterocycles. The number of nitrogens with zero attached hydrogens (tertiary/aromatic N) is 2. The van der Waals surface area contributed by atoms with E-state index in [4.69, 9.17) is 0 Å². The third-order valence-corrected chi connectivity index (χ3v) is 5.38. The van der Waals surface area contributed by atoms with Gasteiger partial charge in [-0.3, -0.25) is 24.5 Å². The van der Waals surface area contributed by atoms with Gasteiger partial charge in [0.15, 0.2) is 0 Å². The van der Waals surface area contributed by atoms with Gasteiger partial charge < -0.3 is 5.32 Å². The highest BCUT2D eigenvalue weighted by Gasteiger charge is 2.37. The summed E-state index contributed by atoms with van der Waals surface area (Å²) in [6, 6.07) is 14.9. The van der Waals surface area contributed by atoms with Gasteiger partial charge in [0, 0.05) is 27.9 Å². The summed E-state index contributed by atoms with van der Waals surface area (Å²) in [6.07, 6.45) is 0. The van der Waals surface area contributed by atoms with Crippen molar-refractivity contribution >= 4 is 50.7 Å². The molecule has 1 heterocycles. The second-order valence-electron chi connectivity index (χ2n) is 6.90. The number of nitrogens with one attached hydrogen (secondary N) is 1. The second-order valence-corrected chi connectivity index (χ2v) is 7.81. The molecule has 0 unspecified atom stereocenters. The molecule has 0 radical (unpaired) electrons. The molecule has 3 aromatic carbocycles. The molecule has 1 N–H and O–H groups in total. The molecule has 0 bridgehead atoms. The number of nitro benzene ring substituents is 1. The van der Waals surface area contributed by atoms with Crippen LogP contribution in [0.1, 0.15) is 36.6 Å². The largest absolute Gasteiger partial charge is 0.322 e. The molecule has 0 atom stereocenters. The van der Waals surface area contributed by atoms with E-state index in [1.54, 1.807) is 12.1 Å². The second kappa shape index (κ2) is 7.77. The Morgan fingerprint density at radius 1 is 1.00 bits per heavy atom. The van der Waals surface area contributed by atoms with Gasteiger partial charge in [-0.2, -0.15) is 0 Å². The van der Waals surface area contributed by atoms with Gasteiger partial charge in [0.05, 0.1) is 21.7 Å². The van der Waals surface area contributed by atoms with E-state index in [0.717, 1.165) is 21.0 Å². The first-order valence-corrected chi connectivity index (χ1v) is 9.90. The molecule has 31 heavy (non-hydrogen) atoms. The van der Waals surface area contributed by atoms with Crippen LogP contribution in [0.5, 0.6) is 0 Å². The van der Waals surface area contributed by atoms with E-state index in [0.29, 0.717) is 5.69 Å². The molecule has 4 rings (SSSR count). The van der Waals surface area contributed by atoms with Crippen molar-refractivity contribution in [3.63, 3.8) is 0 Å². The van der Waals surface area contributed by atoms with Crippen LogP contribution in [0.4, 0.5) is 17.1 Å². The number of rotatable bonds is 4. The fourth-order valence-corrected chi connectivity index (χ4v) is 3.80. The molecule has 8 nitrogen and oxygen atoms in total. The average molecular weight is 480 g/mol. The number of benzene rings is 3. The molecular weight excluding hydrogens is 466 g/mol. The monoisotopic (exact) mass is 479 g/mol. The summed E-state index contributed by atoms with van der Waals surface area (Å²) in [5.74, 6) is -1.67. The fraction of sp³-hybridized carbons (Fsp3) is 0.0455. The first-order chi connectivity index (χ1) is 14.8. The predicted molar refractivity (Wildman–Crippen MR) is 118 cm³/mol. The SMILES string of the molecule is Cc1cc(Br)ccc1NC(=O)c1ccc2c(c1)C(=O)N(c1cccc([N+](=O)[O-])c1)C2=O. The molecule has 3 amide bonds. The number of non-ortho nitro benzene ring substituents is 1. The number of aryl methyl sites for hydroxylation is 1. The van der Waals surface area contributed by atoms with Crippen molar-refractivity contribution < 1.29 is 19.3 Å². The minimum atomic E-state index is -0.644. The third-order valence-electron chi connectivity index (χ3n) is 4.88. The number of amides is 3. The van der Waals surface area contributed by atoms with Gasteiger partial charge in [-0.1, -0.05) is 22.0 Å². The van der Waals surface area contributed by atoms with Crippen molar-refractivity contribution in [2.45, 2.75) is 6.92 Å². The normalized spacial score (nSPS) is 12.6. The van der Waals surface area contributed by atoms with Crippen LogP contribution in [-0.4, -0.2) is 22.6 Å². The zero-order valence-corrected chi connectivity index (χ0v) is 17.7. The first kappa shape index (κ1) is 20.4. The van der Waals surface area contributed by atoms with Crippen LogP contribution in [0.2, 0.25) is 0 Å². The van der Waals surface area contributed by atoms with E-state index in [9.17, 15) is 24.5 Å². The highest BCUT2D eigenvalue weighted by atomic mass is 79.9. The number of carbonyl (C=O) groups excluding carboxylic acids is 3. The smallest absolute Gasteiger partial charge is 0.271 e. The summed E-state index contributed by atoms with van der Waals surface area (Å²) in [5.41, 5.74) is 1.74. The van der Waals surface area contributed by atoms with Crippen molar-refractivity contribution in [3.8, 4) is 0 Å². The summed E-state index contributed by atoms with van der Waals surface area (Å²) in [5, 5.41) is 13.8. The summed E-state index contributed by atoms with van der Waals surface area (Å²) in [6.45, 7) is 1.85. The Balaban J connectivity index is 1.64. The van der Waals surface area contributed by atoms with E-state index >= 15 is 0 Å². The predicted octanol–water partition coefficient (Wildman–Crippen LogP) is 4.72. The molecule has 9 heteroatoms. The molecule has 0 saturated heterocycles. The molecule has 0 aliphatic carbocycles. The zero-order chi connectivity index (χ0) is 22.3. The fourth-order valence-electron chi connectivity index (χ4n) is 3.32. The molecule has 0 saturated carbocycles. The lowest BCUT2D eigenvalue weighted by Crippen LogP contribution is -2.29. The molecule has 1 aliphatic rings. The van der Waals surface area contributed by atoms with E-state index in [-0.39, 0.29) is 28.1 Å². The maximum atomic E-state index is 12.9. The molecule has 1 aliphatic heterocycles. The lowest BCUT2D eigenvalue weighted by atomic mass is 10.0. The van der Waals surface area contributed by atoms with Crippen LogP contribution in [0.3, 0.4) is 0 Å². The number of imide groups is 1. The van der Waals surface area contributed by atoms with Crippen LogP contribution in [0.25, 0.3) is 0 Å². The molecule has 0 spiro atoms. The quantitative estimate of drug-likeness (QED) is 0.330. The standard InChI is InChI=1S/C22H14BrN3O5/c1-12-9-14(23)6-8-19(12)24-20(27)13-5-7-17-18(10-13)22(29)25(21(17)28)15-3-2-4-16(11-15)26(30)31/h2-11H,1H3,(H,24,27). The number of fused-ring (bicyclic) bond motifs is 1. The third kappa shape index (κ3) is 3.71. The van der Waals surface area contributed by atoms with Crippen LogP contribution in [-0.2, 0) is 0 Å². The van der Waals surface area contributed by atoms with Crippen LogP contribution < -0.4 is 10.2 Å². The maximum absolute atomic E-state index is 12.9. The van der Waals surface area contributed by atoms with Gasteiger partial charge in [0.2, 0.25) is 0 Å². The Labute approximate surface area is 184 Å². The van der Waals surface area contributed by atoms with Gasteiger partial charge in [-0.25, -0.2) is 4.90 Å². The number of hydrogen-bond acceptors (Lipinski definition) is 5. The molecule has 0 fully saturated rings. The maximum Gasteiger partial charge on any atom is 0.271 e. The number of anilines is 2. The van der Waals surface area contributed by atoms with Crippen LogP contribution >= 0.6 is 15.9 Å². The minimum Gasteiger partial charge on any atom is -0.322 e. The number of carbonyl (C=O) groups is 3. The van der Waals surface area contributed by atoms with Crippen molar-refractivity contribution in [1.82, 2.24) is 0 Å². The van der Waals surface area contributed by atoms with Crippen molar-refractivity contribution in [3.05, 3.63) is 97.5 Å². The van der Waals surface area contributed by atoms with Gasteiger partial charge in [-0.05, 0) is 55.0 Å². The number of hydrogen-bond donors (Lipinski definition) is 1. The molecular formula is C22H14BrN3O5. The lowest BCUT2D eigenvalue weighted by molar-refractivity contribution is -0.384. The summed E-state index contributed by atoms with van der Waals surface area (Å²) >= 11 is 3.37. The van der Waals surface area contributed by atoms with Crippen molar-refractivity contribution in [2.75, 3.05) is 10.2 Å². The Morgan fingerprint density at radius 3 is 2.45 bits per heavy atom. The Kier molecular flexibility index (Phi) is 5.12. The summed E-state index contributed by atoms with van der Waals surface area (Å²) < 4.78 is 0.880. The minimum absolute atomic E-state index is 0.0664. The average Bonchev–Trinajstić information content (AvgIpc) is 3.00. The van der Waals surface area contributed by atoms with E-state index < -0.39 is 22.6 Å². The Morgan fingerprint density at radius 2 is 1.74 bits per heavy atom. The first-order valence-electron chi connectivity index (χ1n) is 9.11. The Bertz CT molecular complexity index is 1290. The number of halogens is 1. The van der Waals surface area contributed by atoms with E-state index in [1.807, 2.05) is 13.0 Å². The zero-order valence-electron chi connectivity index (χ0n) is 16.1. The van der Waals surface area contributed by atoms with Gasteiger partial charge in [0.25, 0.3) is 23.4 Å². The lowest BCUT2D eigenvalue weighted by Gasteiger charge is -2.13. The molecule has 3 aromatic rings. The van der Waals surface area contributed by atoms with Crippen molar-refractivity contribution in [1.29, 1.82) is 0 Å². The summed E-state index contributed by atoms with van der Waals surface area (Å²) in [4.78, 5) is 49.7. The van der Waals surface area contributed by atoms with Crippen LogP contribution in [0, 0.1) is 17.0 Å².